The van der Waals surface area contributed by atoms with Gasteiger partial charge in [-0.1, -0.05) is 92.8 Å². The van der Waals surface area contributed by atoms with Gasteiger partial charge in [-0.2, -0.15) is 0 Å². The van der Waals surface area contributed by atoms with Crippen LogP contribution >= 0.6 is 92.8 Å². The fourth-order valence-electron chi connectivity index (χ4n) is 1.58. The van der Waals surface area contributed by atoms with Crippen LogP contribution in [0.1, 0.15) is 0 Å². The predicted molar refractivity (Wildman–Crippen MR) is 92.0 cm³/mol. The predicted octanol–water partition coefficient (Wildman–Crippen LogP) is 8.58. The van der Waals surface area contributed by atoms with Crippen LogP contribution < -0.4 is 0 Å². The maximum Gasteiger partial charge on any atom is 0.0809 e. The molecule has 0 radical (unpaired) electrons. The largest absolute Gasteiger partial charge is 0.0843 e. The van der Waals surface area contributed by atoms with Gasteiger partial charge in [0.25, 0.3) is 0 Å². The molecule has 0 fully saturated rings. The minimum atomic E-state index is 0.0660. The smallest absolute Gasteiger partial charge is 0.0809 e. The fourth-order valence-corrected chi connectivity index (χ4v) is 3.62. The van der Waals surface area contributed by atoms with Gasteiger partial charge in [0.1, 0.15) is 0 Å². The monoisotopic (exact) mass is 426 g/mol. The number of hydrogen-bond acceptors (Lipinski definition) is 0. The Balaban J connectivity index is 2.91. The lowest BCUT2D eigenvalue weighted by Gasteiger charge is -2.14. The van der Waals surface area contributed by atoms with E-state index in [1.807, 2.05) is 0 Å². The zero-order valence-electron chi connectivity index (χ0n) is 9.18. The molecule has 0 aliphatic rings. The van der Waals surface area contributed by atoms with Crippen LogP contribution in [0.5, 0.6) is 0 Å². The van der Waals surface area contributed by atoms with Crippen molar-refractivity contribution in [3.05, 3.63) is 52.3 Å². The van der Waals surface area contributed by atoms with Crippen LogP contribution in [-0.2, 0) is 0 Å². The van der Waals surface area contributed by atoms with Gasteiger partial charge in [-0.05, 0) is 12.1 Å². The van der Waals surface area contributed by atoms with E-state index in [0.717, 1.165) is 0 Å². The van der Waals surface area contributed by atoms with Crippen molar-refractivity contribution in [2.45, 2.75) is 0 Å². The maximum absolute atomic E-state index is 6.18. The average molecular weight is 430 g/mol. The third-order valence-corrected chi connectivity index (χ3v) is 5.77. The SMILES string of the molecule is Clc1cc(Cl)c(Cl)c(-c2c(Cl)c(Cl)c(Cl)c(Cl)c2Cl)c1. The quantitative estimate of drug-likeness (QED) is 0.314. The summed E-state index contributed by atoms with van der Waals surface area (Å²) in [5, 5.41) is 1.30. The second-order valence-corrected chi connectivity index (χ2v) is 6.81. The second-order valence-electron chi connectivity index (χ2n) is 3.69. The highest BCUT2D eigenvalue weighted by Gasteiger charge is 2.23. The van der Waals surface area contributed by atoms with E-state index in [1.165, 1.54) is 6.07 Å². The van der Waals surface area contributed by atoms with E-state index < -0.39 is 0 Å². The summed E-state index contributed by atoms with van der Waals surface area (Å²) in [5.74, 6) is 0. The van der Waals surface area contributed by atoms with Gasteiger partial charge in [-0.3, -0.25) is 0 Å². The van der Waals surface area contributed by atoms with E-state index in [1.54, 1.807) is 6.07 Å². The molecule has 0 N–H and O–H groups in total. The summed E-state index contributed by atoms with van der Waals surface area (Å²) >= 11 is 48.5. The van der Waals surface area contributed by atoms with Crippen LogP contribution in [0.2, 0.25) is 40.2 Å². The summed E-state index contributed by atoms with van der Waals surface area (Å²) in [4.78, 5) is 0. The van der Waals surface area contributed by atoms with Gasteiger partial charge in [-0.15, -0.1) is 0 Å². The van der Waals surface area contributed by atoms with Crippen molar-refractivity contribution in [2.75, 3.05) is 0 Å². The van der Waals surface area contributed by atoms with Crippen LogP contribution in [0.15, 0.2) is 12.1 Å². The minimum Gasteiger partial charge on any atom is -0.0843 e. The Bertz CT molecular complexity index is 678. The summed E-state index contributed by atoms with van der Waals surface area (Å²) in [7, 11) is 0. The highest BCUT2D eigenvalue weighted by atomic mass is 35.5. The van der Waals surface area contributed by atoms with Crippen LogP contribution in [0.4, 0.5) is 0 Å². The van der Waals surface area contributed by atoms with Crippen LogP contribution in [0, 0.1) is 0 Å². The molecule has 8 heteroatoms. The maximum atomic E-state index is 6.18. The van der Waals surface area contributed by atoms with Crippen molar-refractivity contribution >= 4 is 92.8 Å². The zero-order valence-corrected chi connectivity index (χ0v) is 15.2. The van der Waals surface area contributed by atoms with Crippen molar-refractivity contribution in [1.29, 1.82) is 0 Å². The van der Waals surface area contributed by atoms with Crippen molar-refractivity contribution in [3.8, 4) is 11.1 Å². The van der Waals surface area contributed by atoms with E-state index >= 15 is 0 Å². The average Bonchev–Trinajstić information content (AvgIpc) is 2.39. The van der Waals surface area contributed by atoms with Crippen LogP contribution in [0.3, 0.4) is 0 Å². The molecule has 0 aliphatic carbocycles. The van der Waals surface area contributed by atoms with E-state index in [4.69, 9.17) is 92.8 Å². The van der Waals surface area contributed by atoms with Gasteiger partial charge in [0.15, 0.2) is 0 Å². The topological polar surface area (TPSA) is 0 Å². The van der Waals surface area contributed by atoms with Crippen molar-refractivity contribution < 1.29 is 0 Å². The molecule has 0 nitrogen and oxygen atoms in total. The molecule has 2 aromatic rings. The van der Waals surface area contributed by atoms with Crippen molar-refractivity contribution in [1.82, 2.24) is 0 Å². The molecule has 0 aliphatic heterocycles. The lowest BCUT2D eigenvalue weighted by atomic mass is 10.1. The zero-order chi connectivity index (χ0) is 15.2. The van der Waals surface area contributed by atoms with Gasteiger partial charge in [0.05, 0.1) is 35.2 Å². The number of hydrogen-bond donors (Lipinski definition) is 0. The first-order valence-electron chi connectivity index (χ1n) is 4.92. The molecule has 0 saturated heterocycles. The number of benzene rings is 2. The number of halogens is 8. The first kappa shape index (κ1) is 17.1. The summed E-state index contributed by atoms with van der Waals surface area (Å²) in [6.45, 7) is 0. The molecule has 0 bridgehead atoms. The van der Waals surface area contributed by atoms with Gasteiger partial charge in [-0.25, -0.2) is 0 Å². The molecule has 106 valence electrons. The Kier molecular flexibility index (Phi) is 5.55. The summed E-state index contributed by atoms with van der Waals surface area (Å²) in [6.07, 6.45) is 0. The Morgan fingerprint density at radius 2 is 0.950 bits per heavy atom. The molecule has 0 heterocycles. The van der Waals surface area contributed by atoms with Gasteiger partial charge < -0.3 is 0 Å². The summed E-state index contributed by atoms with van der Waals surface area (Å²) in [6, 6.07) is 3.05. The van der Waals surface area contributed by atoms with Gasteiger partial charge in [0.2, 0.25) is 0 Å². The molecular weight excluding hydrogens is 428 g/mol. The lowest BCUT2D eigenvalue weighted by molar-refractivity contribution is 1.61. The molecule has 0 atom stereocenters. The Morgan fingerprint density at radius 3 is 1.45 bits per heavy atom. The second kappa shape index (κ2) is 6.48. The third kappa shape index (κ3) is 2.95. The van der Waals surface area contributed by atoms with Crippen LogP contribution in [0.25, 0.3) is 11.1 Å². The van der Waals surface area contributed by atoms with Gasteiger partial charge >= 0.3 is 0 Å². The molecular formula is C12H2Cl8. The standard InChI is InChI=1S/C12H2Cl8/c13-3-1-4(7(15)5(14)2-3)6-8(16)10(18)12(20)11(19)9(6)17/h1-2H. The molecule has 0 aromatic heterocycles. The molecule has 0 saturated carbocycles. The minimum absolute atomic E-state index is 0.0660. The van der Waals surface area contributed by atoms with Crippen molar-refractivity contribution in [2.24, 2.45) is 0 Å². The molecule has 2 rings (SSSR count). The van der Waals surface area contributed by atoms with E-state index in [-0.39, 0.29) is 35.2 Å². The lowest BCUT2D eigenvalue weighted by Crippen LogP contribution is -1.89. The molecule has 0 spiro atoms. The first-order valence-corrected chi connectivity index (χ1v) is 7.94. The Hall–Kier alpha value is 0.760. The Labute approximate surface area is 155 Å². The summed E-state index contributed by atoms with van der Waals surface area (Å²) < 4.78 is 0. The van der Waals surface area contributed by atoms with E-state index in [0.29, 0.717) is 16.1 Å². The molecule has 0 amide bonds. The molecule has 2 aromatic carbocycles. The normalized spacial score (nSPS) is 11.0. The van der Waals surface area contributed by atoms with E-state index in [2.05, 4.69) is 0 Å². The fraction of sp³-hybridized carbons (Fsp3) is 0. The first-order chi connectivity index (χ1) is 9.25. The van der Waals surface area contributed by atoms with Crippen LogP contribution in [-0.4, -0.2) is 0 Å². The number of rotatable bonds is 1. The molecule has 20 heavy (non-hydrogen) atoms. The van der Waals surface area contributed by atoms with E-state index in [9.17, 15) is 0 Å². The van der Waals surface area contributed by atoms with Crippen molar-refractivity contribution in [3.63, 3.8) is 0 Å². The molecule has 0 unspecified atom stereocenters. The van der Waals surface area contributed by atoms with Gasteiger partial charge in [0, 0.05) is 16.1 Å². The summed E-state index contributed by atoms with van der Waals surface area (Å²) in [5.41, 5.74) is 0.738. The highest BCUT2D eigenvalue weighted by molar-refractivity contribution is 6.57. The highest BCUT2D eigenvalue weighted by Crippen LogP contribution is 2.50. The Morgan fingerprint density at radius 1 is 0.500 bits per heavy atom. The third-order valence-electron chi connectivity index (χ3n) is 2.47.